The maximum atomic E-state index is 12.3. The molecule has 0 aliphatic carbocycles. The average molecular weight is 274 g/mol. The Morgan fingerprint density at radius 3 is 1.90 bits per heavy atom. The van der Waals surface area contributed by atoms with Gasteiger partial charge in [0, 0.05) is 5.56 Å². The van der Waals surface area contributed by atoms with Crippen molar-refractivity contribution in [2.24, 2.45) is 0 Å². The number of alkyl halides is 2. The van der Waals surface area contributed by atoms with Gasteiger partial charge in [-0.1, -0.05) is 61.9 Å². The van der Waals surface area contributed by atoms with Gasteiger partial charge in [-0.2, -0.15) is 0 Å². The number of carbonyl (C=O) groups excluding carboxylic acids is 1. The molecule has 2 rings (SSSR count). The summed E-state index contributed by atoms with van der Waals surface area (Å²) in [5.74, 6) is -1.13. The lowest BCUT2D eigenvalue weighted by Crippen LogP contribution is -2.09. The summed E-state index contributed by atoms with van der Waals surface area (Å²) >= 11 is 0. The minimum absolute atomic E-state index is 0.0475. The molecule has 3 heteroatoms. The Bertz CT molecular complexity index is 571. The summed E-state index contributed by atoms with van der Waals surface area (Å²) in [5.41, 5.74) is 3.26. The number of aryl methyl sites for hydroxylation is 1. The van der Waals surface area contributed by atoms with Crippen molar-refractivity contribution in [2.75, 3.05) is 0 Å². The third-order valence-electron chi connectivity index (χ3n) is 3.19. The van der Waals surface area contributed by atoms with Gasteiger partial charge in [0.2, 0.25) is 5.78 Å². The molecule has 0 bridgehead atoms. The summed E-state index contributed by atoms with van der Waals surface area (Å²) in [5, 5.41) is 0. The van der Waals surface area contributed by atoms with Crippen LogP contribution in [0.3, 0.4) is 0 Å². The summed E-state index contributed by atoms with van der Waals surface area (Å²) in [6.45, 7) is 2.13. The molecule has 0 saturated heterocycles. The second kappa shape index (κ2) is 6.42. The first kappa shape index (κ1) is 14.4. The first-order chi connectivity index (χ1) is 9.61. The van der Waals surface area contributed by atoms with Crippen molar-refractivity contribution in [3.8, 4) is 11.1 Å². The van der Waals surface area contributed by atoms with E-state index in [0.29, 0.717) is 0 Å². The first-order valence-electron chi connectivity index (χ1n) is 6.63. The van der Waals surface area contributed by atoms with E-state index in [-0.39, 0.29) is 5.56 Å². The van der Waals surface area contributed by atoms with Gasteiger partial charge < -0.3 is 0 Å². The Labute approximate surface area is 117 Å². The predicted molar refractivity (Wildman–Crippen MR) is 76.2 cm³/mol. The number of halogens is 2. The maximum Gasteiger partial charge on any atom is 0.300 e. The van der Waals surface area contributed by atoms with E-state index in [1.165, 1.54) is 17.7 Å². The lowest BCUT2D eigenvalue weighted by atomic mass is 10.0. The molecule has 2 aromatic carbocycles. The van der Waals surface area contributed by atoms with Crippen molar-refractivity contribution >= 4 is 5.78 Å². The molecule has 104 valence electrons. The van der Waals surface area contributed by atoms with Gasteiger partial charge in [-0.15, -0.1) is 0 Å². The highest BCUT2D eigenvalue weighted by molar-refractivity contribution is 5.98. The van der Waals surface area contributed by atoms with Crippen LogP contribution in [0.25, 0.3) is 11.1 Å². The van der Waals surface area contributed by atoms with Gasteiger partial charge in [-0.3, -0.25) is 4.79 Å². The quantitative estimate of drug-likeness (QED) is 0.719. The Hall–Kier alpha value is -2.03. The van der Waals surface area contributed by atoms with Gasteiger partial charge >= 0.3 is 6.43 Å². The molecule has 0 fully saturated rings. The van der Waals surface area contributed by atoms with Crippen LogP contribution in [0.4, 0.5) is 8.78 Å². The van der Waals surface area contributed by atoms with E-state index >= 15 is 0 Å². The van der Waals surface area contributed by atoms with Gasteiger partial charge in [0.05, 0.1) is 0 Å². The zero-order chi connectivity index (χ0) is 14.5. The van der Waals surface area contributed by atoms with Crippen molar-refractivity contribution in [3.05, 3.63) is 59.7 Å². The number of hydrogen-bond acceptors (Lipinski definition) is 1. The van der Waals surface area contributed by atoms with E-state index in [9.17, 15) is 13.6 Å². The number of carbonyl (C=O) groups is 1. The SMILES string of the molecule is CCCc1ccc(-c2ccc(C(=O)C(F)F)cc2)cc1. The number of benzene rings is 2. The van der Waals surface area contributed by atoms with Gasteiger partial charge in [0.1, 0.15) is 0 Å². The summed E-state index contributed by atoms with van der Waals surface area (Å²) in [6, 6.07) is 14.4. The third kappa shape index (κ3) is 3.29. The fourth-order valence-corrected chi connectivity index (χ4v) is 2.11. The van der Waals surface area contributed by atoms with Crippen LogP contribution in [0, 0.1) is 0 Å². The number of Topliss-reactive ketones (excluding diaryl/α,β-unsaturated/α-hetero) is 1. The number of ketones is 1. The van der Waals surface area contributed by atoms with Crippen molar-refractivity contribution in [2.45, 2.75) is 26.2 Å². The van der Waals surface area contributed by atoms with E-state index in [4.69, 9.17) is 0 Å². The highest BCUT2D eigenvalue weighted by Gasteiger charge is 2.17. The van der Waals surface area contributed by atoms with Crippen molar-refractivity contribution in [1.29, 1.82) is 0 Å². The third-order valence-corrected chi connectivity index (χ3v) is 3.19. The highest BCUT2D eigenvalue weighted by Crippen LogP contribution is 2.21. The molecule has 0 amide bonds. The first-order valence-corrected chi connectivity index (χ1v) is 6.63. The van der Waals surface area contributed by atoms with Crippen LogP contribution < -0.4 is 0 Å². The van der Waals surface area contributed by atoms with E-state index in [1.807, 2.05) is 12.1 Å². The minimum atomic E-state index is -2.95. The van der Waals surface area contributed by atoms with E-state index in [2.05, 4.69) is 19.1 Å². The molecule has 0 aliphatic heterocycles. The smallest absolute Gasteiger partial charge is 0.288 e. The van der Waals surface area contributed by atoms with Gasteiger partial charge in [0.25, 0.3) is 0 Å². The van der Waals surface area contributed by atoms with Crippen LogP contribution >= 0.6 is 0 Å². The highest BCUT2D eigenvalue weighted by atomic mass is 19.3. The van der Waals surface area contributed by atoms with Crippen molar-refractivity contribution < 1.29 is 13.6 Å². The van der Waals surface area contributed by atoms with Crippen LogP contribution in [-0.4, -0.2) is 12.2 Å². The zero-order valence-corrected chi connectivity index (χ0v) is 11.3. The summed E-state index contributed by atoms with van der Waals surface area (Å²) in [4.78, 5) is 11.2. The molecule has 0 aliphatic rings. The fraction of sp³-hybridized carbons (Fsp3) is 0.235. The summed E-state index contributed by atoms with van der Waals surface area (Å²) < 4.78 is 24.6. The molecule has 0 aromatic heterocycles. The minimum Gasteiger partial charge on any atom is -0.288 e. The van der Waals surface area contributed by atoms with Gasteiger partial charge in [0.15, 0.2) is 0 Å². The van der Waals surface area contributed by atoms with E-state index in [1.54, 1.807) is 12.1 Å². The molecule has 0 unspecified atom stereocenters. The molecule has 0 atom stereocenters. The van der Waals surface area contributed by atoms with Crippen LogP contribution in [0.15, 0.2) is 48.5 Å². The predicted octanol–water partition coefficient (Wildman–Crippen LogP) is 4.75. The molecule has 0 heterocycles. The Morgan fingerprint density at radius 1 is 0.950 bits per heavy atom. The summed E-state index contributed by atoms with van der Waals surface area (Å²) in [7, 11) is 0. The van der Waals surface area contributed by atoms with Crippen LogP contribution in [0.2, 0.25) is 0 Å². The molecule has 2 aromatic rings. The van der Waals surface area contributed by atoms with Crippen molar-refractivity contribution in [3.63, 3.8) is 0 Å². The molecule has 0 radical (unpaired) electrons. The normalized spacial score (nSPS) is 10.8. The van der Waals surface area contributed by atoms with Gasteiger partial charge in [-0.05, 0) is 23.1 Å². The van der Waals surface area contributed by atoms with E-state index < -0.39 is 12.2 Å². The zero-order valence-electron chi connectivity index (χ0n) is 11.3. The lowest BCUT2D eigenvalue weighted by molar-refractivity contribution is 0.0679. The van der Waals surface area contributed by atoms with Crippen LogP contribution in [0.1, 0.15) is 29.3 Å². The standard InChI is InChI=1S/C17H16F2O/c1-2-3-12-4-6-13(7-5-12)14-8-10-15(11-9-14)16(20)17(18)19/h4-11,17H,2-3H2,1H3. The molecular formula is C17H16F2O. The number of rotatable bonds is 5. The number of hydrogen-bond donors (Lipinski definition) is 0. The topological polar surface area (TPSA) is 17.1 Å². The monoisotopic (exact) mass is 274 g/mol. The lowest BCUT2D eigenvalue weighted by Gasteiger charge is -2.05. The maximum absolute atomic E-state index is 12.3. The molecule has 1 nitrogen and oxygen atoms in total. The average Bonchev–Trinajstić information content (AvgIpc) is 2.48. The Kier molecular flexibility index (Phi) is 4.61. The fourth-order valence-electron chi connectivity index (χ4n) is 2.11. The van der Waals surface area contributed by atoms with Crippen LogP contribution in [0.5, 0.6) is 0 Å². The van der Waals surface area contributed by atoms with Crippen molar-refractivity contribution in [1.82, 2.24) is 0 Å². The Balaban J connectivity index is 2.19. The molecule has 0 N–H and O–H groups in total. The molecule has 20 heavy (non-hydrogen) atoms. The van der Waals surface area contributed by atoms with Crippen LogP contribution in [-0.2, 0) is 6.42 Å². The van der Waals surface area contributed by atoms with Gasteiger partial charge in [-0.25, -0.2) is 8.78 Å². The molecule has 0 saturated carbocycles. The second-order valence-corrected chi connectivity index (χ2v) is 4.69. The second-order valence-electron chi connectivity index (χ2n) is 4.69. The summed E-state index contributed by atoms with van der Waals surface area (Å²) in [6.07, 6.45) is -0.805. The largest absolute Gasteiger partial charge is 0.300 e. The molecule has 0 spiro atoms. The van der Waals surface area contributed by atoms with E-state index in [0.717, 1.165) is 24.0 Å². The Morgan fingerprint density at radius 2 is 1.45 bits per heavy atom. The molecular weight excluding hydrogens is 258 g/mol.